The van der Waals surface area contributed by atoms with E-state index in [2.05, 4.69) is 5.32 Å². The smallest absolute Gasteiger partial charge is 0.261 e. The average Bonchev–Trinajstić information content (AvgIpc) is 3.26. The number of ether oxygens (including phenoxy) is 1. The number of rotatable bonds is 5. The van der Waals surface area contributed by atoms with Gasteiger partial charge in [-0.15, -0.1) is 0 Å². The van der Waals surface area contributed by atoms with Crippen LogP contribution in [0, 0.1) is 0 Å². The lowest BCUT2D eigenvalue weighted by molar-refractivity contribution is -0.115. The van der Waals surface area contributed by atoms with Gasteiger partial charge in [0.1, 0.15) is 0 Å². The van der Waals surface area contributed by atoms with E-state index in [1.165, 1.54) is 4.90 Å². The van der Waals surface area contributed by atoms with Gasteiger partial charge in [0.25, 0.3) is 11.8 Å². The molecule has 2 aromatic rings. The first-order chi connectivity index (χ1) is 13.1. The Labute approximate surface area is 157 Å². The van der Waals surface area contributed by atoms with E-state index in [4.69, 9.17) is 4.74 Å². The number of nitrogens with one attached hydrogen (secondary N) is 1. The Morgan fingerprint density at radius 3 is 2.59 bits per heavy atom. The van der Waals surface area contributed by atoms with Gasteiger partial charge in [0.05, 0.1) is 30.2 Å². The van der Waals surface area contributed by atoms with Gasteiger partial charge < -0.3 is 10.1 Å². The lowest BCUT2D eigenvalue weighted by Crippen LogP contribution is -2.36. The van der Waals surface area contributed by atoms with Crippen molar-refractivity contribution < 1.29 is 19.1 Å². The number of hydrogen-bond acceptors (Lipinski definition) is 4. The highest BCUT2D eigenvalue weighted by molar-refractivity contribution is 6.21. The number of benzene rings is 2. The fourth-order valence-corrected chi connectivity index (χ4v) is 3.51. The largest absolute Gasteiger partial charge is 0.376 e. The van der Waals surface area contributed by atoms with Crippen molar-refractivity contribution in [3.63, 3.8) is 0 Å². The van der Waals surface area contributed by atoms with E-state index in [9.17, 15) is 14.4 Å². The van der Waals surface area contributed by atoms with Crippen molar-refractivity contribution in [3.05, 3.63) is 65.2 Å². The molecule has 0 bridgehead atoms. The van der Waals surface area contributed by atoms with Crippen molar-refractivity contribution in [2.75, 3.05) is 18.5 Å². The van der Waals surface area contributed by atoms with Crippen molar-refractivity contribution in [1.82, 2.24) is 4.90 Å². The SMILES string of the molecule is O=C(Cc1ccccc1)Nc1ccc2c(c1)C(=O)N(C[C@@H]1CCCO1)C2=O. The van der Waals surface area contributed by atoms with E-state index >= 15 is 0 Å². The third kappa shape index (κ3) is 3.61. The molecule has 27 heavy (non-hydrogen) atoms. The van der Waals surface area contributed by atoms with Crippen LogP contribution >= 0.6 is 0 Å². The maximum Gasteiger partial charge on any atom is 0.261 e. The molecule has 4 rings (SSSR count). The fourth-order valence-electron chi connectivity index (χ4n) is 3.51. The Bertz CT molecular complexity index is 888. The van der Waals surface area contributed by atoms with Gasteiger partial charge in [-0.25, -0.2) is 0 Å². The molecule has 1 saturated heterocycles. The zero-order valence-electron chi connectivity index (χ0n) is 14.8. The van der Waals surface area contributed by atoms with Gasteiger partial charge in [-0.05, 0) is 36.6 Å². The molecule has 0 aliphatic carbocycles. The first-order valence-electron chi connectivity index (χ1n) is 9.07. The van der Waals surface area contributed by atoms with Gasteiger partial charge in [-0.1, -0.05) is 30.3 Å². The second kappa shape index (κ2) is 7.32. The molecular formula is C21H20N2O4. The summed E-state index contributed by atoms with van der Waals surface area (Å²) in [5.74, 6) is -0.800. The zero-order valence-corrected chi connectivity index (χ0v) is 14.8. The summed E-state index contributed by atoms with van der Waals surface area (Å²) in [4.78, 5) is 38.7. The fraction of sp³-hybridized carbons (Fsp3) is 0.286. The number of hydrogen-bond donors (Lipinski definition) is 1. The lowest BCUT2D eigenvalue weighted by Gasteiger charge is -2.17. The van der Waals surface area contributed by atoms with Crippen LogP contribution in [0.2, 0.25) is 0 Å². The molecule has 2 aliphatic heterocycles. The third-order valence-corrected chi connectivity index (χ3v) is 4.87. The minimum atomic E-state index is -0.329. The van der Waals surface area contributed by atoms with Crippen molar-refractivity contribution in [1.29, 1.82) is 0 Å². The summed E-state index contributed by atoms with van der Waals surface area (Å²) >= 11 is 0. The van der Waals surface area contributed by atoms with Crippen LogP contribution in [0.15, 0.2) is 48.5 Å². The molecule has 3 amide bonds. The summed E-state index contributed by atoms with van der Waals surface area (Å²) in [5.41, 5.74) is 2.12. The molecule has 0 spiro atoms. The maximum atomic E-state index is 12.7. The van der Waals surface area contributed by atoms with Crippen LogP contribution in [0.3, 0.4) is 0 Å². The molecule has 138 valence electrons. The molecule has 1 N–H and O–H groups in total. The number of carbonyl (C=O) groups excluding carboxylic acids is 3. The van der Waals surface area contributed by atoms with E-state index < -0.39 is 0 Å². The number of imide groups is 1. The molecule has 2 aromatic carbocycles. The van der Waals surface area contributed by atoms with Crippen LogP contribution in [0.25, 0.3) is 0 Å². The minimum Gasteiger partial charge on any atom is -0.376 e. The summed E-state index contributed by atoms with van der Waals surface area (Å²) < 4.78 is 5.54. The molecule has 2 aliphatic rings. The van der Waals surface area contributed by atoms with Crippen molar-refractivity contribution in [2.45, 2.75) is 25.4 Å². The highest BCUT2D eigenvalue weighted by Gasteiger charge is 2.37. The monoisotopic (exact) mass is 364 g/mol. The van der Waals surface area contributed by atoms with Crippen LogP contribution in [0.5, 0.6) is 0 Å². The summed E-state index contributed by atoms with van der Waals surface area (Å²) in [6.07, 6.45) is 1.97. The number of carbonyl (C=O) groups is 3. The van der Waals surface area contributed by atoms with Crippen molar-refractivity contribution in [2.24, 2.45) is 0 Å². The summed E-state index contributed by atoms with van der Waals surface area (Å²) in [6.45, 7) is 0.952. The molecule has 0 radical (unpaired) electrons. The van der Waals surface area contributed by atoms with Gasteiger partial charge in [-0.2, -0.15) is 0 Å². The molecule has 6 heteroatoms. The third-order valence-electron chi connectivity index (χ3n) is 4.87. The van der Waals surface area contributed by atoms with Crippen LogP contribution in [-0.4, -0.2) is 41.9 Å². The quantitative estimate of drug-likeness (QED) is 0.828. The van der Waals surface area contributed by atoms with Gasteiger partial charge in [0, 0.05) is 12.3 Å². The lowest BCUT2D eigenvalue weighted by atomic mass is 10.1. The molecule has 2 heterocycles. The Balaban J connectivity index is 1.46. The highest BCUT2D eigenvalue weighted by Crippen LogP contribution is 2.27. The molecule has 0 unspecified atom stereocenters. The first-order valence-corrected chi connectivity index (χ1v) is 9.07. The van der Waals surface area contributed by atoms with Crippen molar-refractivity contribution >= 4 is 23.4 Å². The Morgan fingerprint density at radius 2 is 1.85 bits per heavy atom. The van der Waals surface area contributed by atoms with E-state index in [-0.39, 0.29) is 36.8 Å². The first kappa shape index (κ1) is 17.4. The van der Waals surface area contributed by atoms with Crippen molar-refractivity contribution in [3.8, 4) is 0 Å². The second-order valence-corrected chi connectivity index (χ2v) is 6.83. The Morgan fingerprint density at radius 1 is 1.07 bits per heavy atom. The van der Waals surface area contributed by atoms with Crippen LogP contribution in [-0.2, 0) is 16.0 Å². The number of nitrogens with zero attached hydrogens (tertiary/aromatic N) is 1. The van der Waals surface area contributed by atoms with E-state index in [1.807, 2.05) is 30.3 Å². The molecule has 1 fully saturated rings. The van der Waals surface area contributed by atoms with Gasteiger partial charge >= 0.3 is 0 Å². The maximum absolute atomic E-state index is 12.7. The zero-order chi connectivity index (χ0) is 18.8. The van der Waals surface area contributed by atoms with Crippen LogP contribution in [0.1, 0.15) is 39.1 Å². The number of anilines is 1. The van der Waals surface area contributed by atoms with Crippen LogP contribution in [0.4, 0.5) is 5.69 Å². The summed E-state index contributed by atoms with van der Waals surface area (Å²) in [6, 6.07) is 14.3. The van der Waals surface area contributed by atoms with Gasteiger partial charge in [-0.3, -0.25) is 19.3 Å². The topological polar surface area (TPSA) is 75.7 Å². The molecule has 1 atom stereocenters. The minimum absolute atomic E-state index is 0.0859. The van der Waals surface area contributed by atoms with Gasteiger partial charge in [0.15, 0.2) is 0 Å². The molecule has 0 aromatic heterocycles. The highest BCUT2D eigenvalue weighted by atomic mass is 16.5. The predicted molar refractivity (Wildman–Crippen MR) is 99.6 cm³/mol. The van der Waals surface area contributed by atoms with E-state index in [0.29, 0.717) is 23.4 Å². The summed E-state index contributed by atoms with van der Waals surface area (Å²) in [7, 11) is 0. The van der Waals surface area contributed by atoms with E-state index in [0.717, 1.165) is 18.4 Å². The molecule has 0 saturated carbocycles. The van der Waals surface area contributed by atoms with Crippen LogP contribution < -0.4 is 5.32 Å². The van der Waals surface area contributed by atoms with Gasteiger partial charge in [0.2, 0.25) is 5.91 Å². The standard InChI is InChI=1S/C21H20N2O4/c24-19(11-14-5-2-1-3-6-14)22-15-8-9-17-18(12-15)21(26)23(20(17)25)13-16-7-4-10-27-16/h1-3,5-6,8-9,12,16H,4,7,10-11,13H2,(H,22,24)/t16-/m0/s1. The number of amides is 3. The molecule has 6 nitrogen and oxygen atoms in total. The summed E-state index contributed by atoms with van der Waals surface area (Å²) in [5, 5.41) is 2.80. The van der Waals surface area contributed by atoms with E-state index in [1.54, 1.807) is 18.2 Å². The molecular weight excluding hydrogens is 344 g/mol. The predicted octanol–water partition coefficient (Wildman–Crippen LogP) is 2.64. The number of fused-ring (bicyclic) bond motifs is 1. The normalized spacial score (nSPS) is 18.7. The Kier molecular flexibility index (Phi) is 4.73. The second-order valence-electron chi connectivity index (χ2n) is 6.83. The Hall–Kier alpha value is -2.99. The average molecular weight is 364 g/mol.